The molecule has 0 aliphatic heterocycles. The number of carbonyl (C=O) groups is 5. The number of ether oxygens (including phenoxy) is 5. The highest BCUT2D eigenvalue weighted by Crippen LogP contribution is 2.31. The molecule has 0 radical (unpaired) electrons. The number of aromatic nitrogens is 1. The van der Waals surface area contributed by atoms with Gasteiger partial charge in [0, 0.05) is 23.8 Å². The first-order chi connectivity index (χ1) is 24.6. The maximum atomic E-state index is 13.2. The van der Waals surface area contributed by atoms with Crippen LogP contribution in [0.2, 0.25) is 0 Å². The topological polar surface area (TPSA) is 169 Å². The minimum absolute atomic E-state index is 0.0291. The lowest BCUT2D eigenvalue weighted by molar-refractivity contribution is -0.131. The Hall–Kier alpha value is -7.19. The van der Waals surface area contributed by atoms with Crippen molar-refractivity contribution in [1.82, 2.24) is 4.98 Å². The maximum absolute atomic E-state index is 13.2. The number of hydrogen-bond donors (Lipinski definition) is 1. The molecule has 0 saturated heterocycles. The molecule has 13 nitrogen and oxygen atoms in total. The van der Waals surface area contributed by atoms with E-state index in [-0.39, 0.29) is 45.4 Å². The SMILES string of the molecule is C=CC(=O)Oc1ccc(C(=O)Oc2ccc(OC(=O)c3ccc(OC(=O)C=C)c(OC(=O)C=C)c3)cc2/C=N/Nc2nc3ccccc3s2)cc1. The molecule has 14 heteroatoms. The summed E-state index contributed by atoms with van der Waals surface area (Å²) in [4.78, 5) is 65.8. The van der Waals surface area contributed by atoms with Gasteiger partial charge in [-0.1, -0.05) is 43.2 Å². The summed E-state index contributed by atoms with van der Waals surface area (Å²) in [5, 5.41) is 4.74. The molecule has 51 heavy (non-hydrogen) atoms. The molecule has 1 heterocycles. The van der Waals surface area contributed by atoms with Gasteiger partial charge < -0.3 is 23.7 Å². The van der Waals surface area contributed by atoms with E-state index in [0.29, 0.717) is 5.13 Å². The standard InChI is InChI=1S/C37H25N3O10S/c1-4-32(41)46-25-14-11-22(12-15-25)35(44)50-28-18-16-26(19-24(28)21-38-40-37-39-27-9-7-8-10-31(27)51-37)47-36(45)23-13-17-29(48-33(42)5-2)30(20-23)49-34(43)6-3/h4-21H,1-3H2,(H,39,40)/b38-21+. The average Bonchev–Trinajstić information content (AvgIpc) is 3.56. The number of para-hydroxylation sites is 1. The summed E-state index contributed by atoms with van der Waals surface area (Å²) in [5.41, 5.74) is 3.94. The van der Waals surface area contributed by atoms with Gasteiger partial charge in [0.05, 0.1) is 27.6 Å². The molecule has 0 aliphatic carbocycles. The summed E-state index contributed by atoms with van der Waals surface area (Å²) < 4.78 is 27.4. The Balaban J connectivity index is 1.40. The van der Waals surface area contributed by atoms with E-state index in [2.05, 4.69) is 35.2 Å². The van der Waals surface area contributed by atoms with Crippen molar-refractivity contribution in [3.8, 4) is 28.7 Å². The fourth-order valence-electron chi connectivity index (χ4n) is 4.10. The summed E-state index contributed by atoms with van der Waals surface area (Å²) in [6, 6.07) is 21.1. The molecule has 0 aliphatic rings. The van der Waals surface area contributed by atoms with Gasteiger partial charge in [-0.2, -0.15) is 5.10 Å². The first-order valence-corrected chi connectivity index (χ1v) is 15.5. The number of benzene rings is 4. The normalized spacial score (nSPS) is 10.5. The van der Waals surface area contributed by atoms with Gasteiger partial charge in [0.1, 0.15) is 17.2 Å². The largest absolute Gasteiger partial charge is 0.423 e. The Bertz CT molecular complexity index is 2190. The molecule has 0 unspecified atom stereocenters. The third kappa shape index (κ3) is 9.25. The highest BCUT2D eigenvalue weighted by molar-refractivity contribution is 7.22. The van der Waals surface area contributed by atoms with Gasteiger partial charge in [-0.15, -0.1) is 0 Å². The van der Waals surface area contributed by atoms with Gasteiger partial charge in [-0.25, -0.2) is 29.0 Å². The van der Waals surface area contributed by atoms with E-state index in [1.54, 1.807) is 0 Å². The number of fused-ring (bicyclic) bond motifs is 1. The minimum atomic E-state index is -0.870. The van der Waals surface area contributed by atoms with Gasteiger partial charge in [-0.05, 0) is 72.8 Å². The Morgan fingerprint density at radius 3 is 1.94 bits per heavy atom. The monoisotopic (exact) mass is 703 g/mol. The van der Waals surface area contributed by atoms with Crippen LogP contribution in [-0.2, 0) is 14.4 Å². The van der Waals surface area contributed by atoms with Crippen LogP contribution in [0, 0.1) is 0 Å². The lowest BCUT2D eigenvalue weighted by Crippen LogP contribution is -2.13. The molecular formula is C37H25N3O10S. The van der Waals surface area contributed by atoms with E-state index in [1.165, 1.54) is 72.1 Å². The van der Waals surface area contributed by atoms with Crippen molar-refractivity contribution in [2.45, 2.75) is 0 Å². The van der Waals surface area contributed by atoms with Crippen molar-refractivity contribution < 1.29 is 47.7 Å². The number of nitrogens with zero attached hydrogens (tertiary/aromatic N) is 2. The molecule has 0 saturated carbocycles. The zero-order valence-electron chi connectivity index (χ0n) is 26.4. The van der Waals surface area contributed by atoms with Crippen LogP contribution in [0.5, 0.6) is 28.7 Å². The van der Waals surface area contributed by atoms with E-state index >= 15 is 0 Å². The molecule has 0 bridgehead atoms. The number of carbonyl (C=O) groups excluding carboxylic acids is 5. The first-order valence-electron chi connectivity index (χ1n) is 14.7. The van der Waals surface area contributed by atoms with Crippen molar-refractivity contribution >= 4 is 62.7 Å². The molecule has 0 spiro atoms. The number of rotatable bonds is 13. The number of nitrogens with one attached hydrogen (secondary N) is 1. The van der Waals surface area contributed by atoms with E-state index in [9.17, 15) is 24.0 Å². The lowest BCUT2D eigenvalue weighted by atomic mass is 10.2. The van der Waals surface area contributed by atoms with E-state index in [0.717, 1.165) is 34.5 Å². The van der Waals surface area contributed by atoms with Crippen LogP contribution in [-0.4, -0.2) is 41.0 Å². The highest BCUT2D eigenvalue weighted by atomic mass is 32.1. The van der Waals surface area contributed by atoms with Crippen molar-refractivity contribution in [3.63, 3.8) is 0 Å². The van der Waals surface area contributed by atoms with Gasteiger partial charge in [-0.3, -0.25) is 5.43 Å². The van der Waals surface area contributed by atoms with Gasteiger partial charge in [0.25, 0.3) is 0 Å². The van der Waals surface area contributed by atoms with Crippen molar-refractivity contribution in [3.05, 3.63) is 140 Å². The van der Waals surface area contributed by atoms with Gasteiger partial charge in [0.2, 0.25) is 5.13 Å². The van der Waals surface area contributed by atoms with Gasteiger partial charge in [0.15, 0.2) is 11.5 Å². The van der Waals surface area contributed by atoms with Crippen molar-refractivity contribution in [2.75, 3.05) is 5.43 Å². The van der Waals surface area contributed by atoms with Crippen LogP contribution in [0.1, 0.15) is 26.3 Å². The number of anilines is 1. The van der Waals surface area contributed by atoms with Crippen LogP contribution in [0.3, 0.4) is 0 Å². The summed E-state index contributed by atoms with van der Waals surface area (Å²) in [6.07, 6.45) is 4.16. The molecule has 254 valence electrons. The molecule has 0 atom stereocenters. The summed E-state index contributed by atoms with van der Waals surface area (Å²) >= 11 is 1.37. The van der Waals surface area contributed by atoms with E-state index < -0.39 is 29.8 Å². The number of esters is 5. The van der Waals surface area contributed by atoms with Crippen LogP contribution in [0.25, 0.3) is 10.2 Å². The average molecular weight is 704 g/mol. The van der Waals surface area contributed by atoms with E-state index in [1.807, 2.05) is 24.3 Å². The summed E-state index contributed by atoms with van der Waals surface area (Å²) in [7, 11) is 0. The quantitative estimate of drug-likeness (QED) is 0.0468. The Morgan fingerprint density at radius 1 is 0.627 bits per heavy atom. The molecule has 5 rings (SSSR count). The zero-order chi connectivity index (χ0) is 36.3. The Labute approximate surface area is 293 Å². The first kappa shape index (κ1) is 35.1. The smallest absolute Gasteiger partial charge is 0.343 e. The Kier molecular flexibility index (Phi) is 11.2. The second kappa shape index (κ2) is 16.3. The highest BCUT2D eigenvalue weighted by Gasteiger charge is 2.19. The minimum Gasteiger partial charge on any atom is -0.423 e. The molecule has 4 aromatic carbocycles. The fourth-order valence-corrected chi connectivity index (χ4v) is 4.92. The van der Waals surface area contributed by atoms with Crippen molar-refractivity contribution in [1.29, 1.82) is 0 Å². The number of hydrazone groups is 1. The third-order valence-corrected chi connectivity index (χ3v) is 7.40. The molecule has 0 fully saturated rings. The molecular weight excluding hydrogens is 678 g/mol. The lowest BCUT2D eigenvalue weighted by Gasteiger charge is -2.12. The summed E-state index contributed by atoms with van der Waals surface area (Å²) in [5.74, 6) is -4.05. The second-order valence-corrected chi connectivity index (χ2v) is 10.9. The van der Waals surface area contributed by atoms with Crippen LogP contribution in [0.4, 0.5) is 5.13 Å². The van der Waals surface area contributed by atoms with Crippen LogP contribution < -0.4 is 29.1 Å². The number of hydrogen-bond acceptors (Lipinski definition) is 14. The maximum Gasteiger partial charge on any atom is 0.343 e. The van der Waals surface area contributed by atoms with Gasteiger partial charge >= 0.3 is 29.8 Å². The molecule has 1 N–H and O–H groups in total. The molecule has 5 aromatic rings. The van der Waals surface area contributed by atoms with E-state index in [4.69, 9.17) is 23.7 Å². The number of thiazole rings is 1. The fraction of sp³-hybridized carbons (Fsp3) is 0. The third-order valence-electron chi connectivity index (χ3n) is 6.46. The predicted octanol–water partition coefficient (Wildman–Crippen LogP) is 6.45. The zero-order valence-corrected chi connectivity index (χ0v) is 27.2. The Morgan fingerprint density at radius 2 is 1.24 bits per heavy atom. The predicted molar refractivity (Wildman–Crippen MR) is 188 cm³/mol. The van der Waals surface area contributed by atoms with Crippen molar-refractivity contribution in [2.24, 2.45) is 5.10 Å². The molecule has 1 aromatic heterocycles. The van der Waals surface area contributed by atoms with Crippen LogP contribution in [0.15, 0.2) is 128 Å². The van der Waals surface area contributed by atoms with Crippen LogP contribution >= 0.6 is 11.3 Å². The molecule has 0 amide bonds. The second-order valence-electron chi connectivity index (χ2n) is 9.90. The summed E-state index contributed by atoms with van der Waals surface area (Å²) in [6.45, 7) is 10.00.